The molecule has 1 amide bonds. The second-order valence-corrected chi connectivity index (χ2v) is 6.11. The Kier molecular flexibility index (Phi) is 5.32. The number of carbonyl (C=O) groups excluding carboxylic acids is 1. The van der Waals surface area contributed by atoms with Crippen LogP contribution in [0.15, 0.2) is 59.7 Å². The maximum absolute atomic E-state index is 12.8. The molecular formula is C18H18N6O2S. The summed E-state index contributed by atoms with van der Waals surface area (Å²) in [5.41, 5.74) is 7.03. The summed E-state index contributed by atoms with van der Waals surface area (Å²) in [5, 5.41) is 2.96. The minimum absolute atomic E-state index is 0.100. The molecule has 0 spiro atoms. The minimum Gasteiger partial charge on any atom is -0.325 e. The zero-order valence-electron chi connectivity index (χ0n) is 14.8. The van der Waals surface area contributed by atoms with Crippen LogP contribution < -0.4 is 21.7 Å². The summed E-state index contributed by atoms with van der Waals surface area (Å²) in [4.78, 5) is 28.7. The first-order chi connectivity index (χ1) is 13.0. The van der Waals surface area contributed by atoms with Crippen LogP contribution >= 0.6 is 12.2 Å². The Morgan fingerprint density at radius 2 is 1.74 bits per heavy atom. The predicted octanol–water partition coefficient (Wildman–Crippen LogP) is 1.51. The fourth-order valence-corrected chi connectivity index (χ4v) is 2.70. The lowest BCUT2D eigenvalue weighted by Crippen LogP contribution is -2.44. The van der Waals surface area contributed by atoms with E-state index in [0.29, 0.717) is 16.9 Å². The van der Waals surface area contributed by atoms with E-state index in [4.69, 9.17) is 12.2 Å². The van der Waals surface area contributed by atoms with Crippen molar-refractivity contribution in [3.8, 4) is 5.69 Å². The van der Waals surface area contributed by atoms with Crippen molar-refractivity contribution in [2.24, 2.45) is 7.05 Å². The molecule has 0 saturated heterocycles. The number of anilines is 1. The van der Waals surface area contributed by atoms with Gasteiger partial charge < -0.3 is 5.32 Å². The number of benzene rings is 1. The molecule has 0 aliphatic heterocycles. The fourth-order valence-electron chi connectivity index (χ4n) is 2.55. The van der Waals surface area contributed by atoms with Crippen LogP contribution in [0.5, 0.6) is 0 Å². The van der Waals surface area contributed by atoms with Gasteiger partial charge in [-0.25, -0.2) is 4.68 Å². The van der Waals surface area contributed by atoms with Crippen LogP contribution in [0, 0.1) is 6.92 Å². The van der Waals surface area contributed by atoms with Gasteiger partial charge in [0.2, 0.25) is 0 Å². The first-order valence-electron chi connectivity index (χ1n) is 8.10. The van der Waals surface area contributed by atoms with Crippen molar-refractivity contribution in [2.45, 2.75) is 6.92 Å². The molecule has 138 valence electrons. The van der Waals surface area contributed by atoms with Gasteiger partial charge in [-0.05, 0) is 43.4 Å². The number of amides is 1. The number of aromatic nitrogens is 3. The molecule has 3 rings (SSSR count). The lowest BCUT2D eigenvalue weighted by Gasteiger charge is -2.10. The molecule has 27 heavy (non-hydrogen) atoms. The van der Waals surface area contributed by atoms with Crippen LogP contribution in [0.2, 0.25) is 0 Å². The van der Waals surface area contributed by atoms with E-state index in [9.17, 15) is 9.59 Å². The summed E-state index contributed by atoms with van der Waals surface area (Å²) in [6.07, 6.45) is 3.04. The largest absolute Gasteiger partial charge is 0.325 e. The van der Waals surface area contributed by atoms with Crippen LogP contribution in [0.1, 0.15) is 16.1 Å². The van der Waals surface area contributed by atoms with E-state index in [2.05, 4.69) is 21.2 Å². The lowest BCUT2D eigenvalue weighted by atomic mass is 10.3. The number of nitrogens with zero attached hydrogens (tertiary/aromatic N) is 3. The maximum Gasteiger partial charge on any atom is 0.295 e. The van der Waals surface area contributed by atoms with Gasteiger partial charge in [0.1, 0.15) is 5.69 Å². The molecule has 0 aliphatic carbocycles. The van der Waals surface area contributed by atoms with E-state index in [1.807, 2.05) is 30.3 Å². The summed E-state index contributed by atoms with van der Waals surface area (Å²) in [6.45, 7) is 1.81. The van der Waals surface area contributed by atoms with Gasteiger partial charge in [-0.2, -0.15) is 0 Å². The highest BCUT2D eigenvalue weighted by Crippen LogP contribution is 2.13. The molecule has 0 unspecified atom stereocenters. The van der Waals surface area contributed by atoms with Crippen LogP contribution in [-0.4, -0.2) is 25.4 Å². The second kappa shape index (κ2) is 7.83. The molecule has 1 aromatic carbocycles. The van der Waals surface area contributed by atoms with E-state index < -0.39 is 0 Å². The normalized spacial score (nSPS) is 10.3. The zero-order chi connectivity index (χ0) is 19.4. The smallest absolute Gasteiger partial charge is 0.295 e. The Hall–Kier alpha value is -3.46. The zero-order valence-corrected chi connectivity index (χ0v) is 15.6. The van der Waals surface area contributed by atoms with Gasteiger partial charge in [-0.3, -0.25) is 30.1 Å². The Balaban J connectivity index is 1.73. The van der Waals surface area contributed by atoms with Gasteiger partial charge in [0, 0.05) is 25.0 Å². The van der Waals surface area contributed by atoms with Gasteiger partial charge >= 0.3 is 0 Å². The molecule has 3 N–H and O–H groups in total. The average molecular weight is 382 g/mol. The molecule has 0 radical (unpaired) electrons. The van der Waals surface area contributed by atoms with Gasteiger partial charge in [0.25, 0.3) is 11.5 Å². The third-order valence-electron chi connectivity index (χ3n) is 4.02. The third kappa shape index (κ3) is 3.87. The maximum atomic E-state index is 12.8. The first-order valence-corrected chi connectivity index (χ1v) is 8.51. The van der Waals surface area contributed by atoms with Crippen LogP contribution in [-0.2, 0) is 7.05 Å². The summed E-state index contributed by atoms with van der Waals surface area (Å²) in [5.74, 6) is -0.368. The number of para-hydroxylation sites is 1. The Morgan fingerprint density at radius 1 is 1.07 bits per heavy atom. The van der Waals surface area contributed by atoms with Crippen molar-refractivity contribution in [1.82, 2.24) is 25.2 Å². The highest BCUT2D eigenvalue weighted by atomic mass is 32.1. The Bertz CT molecular complexity index is 1030. The first kappa shape index (κ1) is 18.3. The molecule has 2 aromatic heterocycles. The molecule has 0 fully saturated rings. The van der Waals surface area contributed by atoms with Crippen molar-refractivity contribution in [1.29, 1.82) is 0 Å². The molecule has 0 atom stereocenters. The fraction of sp³-hybridized carbons (Fsp3) is 0.111. The van der Waals surface area contributed by atoms with E-state index in [0.717, 1.165) is 5.69 Å². The SMILES string of the molecule is Cc1c(NC(=S)NNC(=O)c2ccncc2)c(=O)n(-c2ccccc2)n1C. The highest BCUT2D eigenvalue weighted by molar-refractivity contribution is 7.80. The number of pyridine rings is 1. The van der Waals surface area contributed by atoms with Crippen LogP contribution in [0.3, 0.4) is 0 Å². The number of thiocarbonyl (C=S) groups is 1. The summed E-state index contributed by atoms with van der Waals surface area (Å²) >= 11 is 5.19. The molecule has 2 heterocycles. The molecular weight excluding hydrogens is 364 g/mol. The summed E-state index contributed by atoms with van der Waals surface area (Å²) in [6, 6.07) is 12.4. The number of hydrogen-bond donors (Lipinski definition) is 3. The second-order valence-electron chi connectivity index (χ2n) is 5.71. The standard InChI is InChI=1S/C18H18N6O2S/c1-12-15(17(26)24(23(12)2)14-6-4-3-5-7-14)20-18(27)22-21-16(25)13-8-10-19-11-9-13/h3-11H,1-2H3,(H,21,25)(H2,20,22,27). The summed E-state index contributed by atoms with van der Waals surface area (Å²) in [7, 11) is 1.79. The topological polar surface area (TPSA) is 93.0 Å². The monoisotopic (exact) mass is 382 g/mol. The number of rotatable bonds is 3. The van der Waals surface area contributed by atoms with E-state index >= 15 is 0 Å². The highest BCUT2D eigenvalue weighted by Gasteiger charge is 2.17. The van der Waals surface area contributed by atoms with Crippen LogP contribution in [0.4, 0.5) is 5.69 Å². The van der Waals surface area contributed by atoms with Gasteiger partial charge in [0.15, 0.2) is 5.11 Å². The van der Waals surface area contributed by atoms with E-state index in [1.54, 1.807) is 30.8 Å². The molecule has 0 bridgehead atoms. The van der Waals surface area contributed by atoms with Crippen molar-refractivity contribution in [2.75, 3.05) is 5.32 Å². The van der Waals surface area contributed by atoms with Crippen LogP contribution in [0.25, 0.3) is 5.69 Å². The van der Waals surface area contributed by atoms with Crippen molar-refractivity contribution in [3.05, 3.63) is 76.5 Å². The Labute approximate surface area is 160 Å². The Morgan fingerprint density at radius 3 is 2.41 bits per heavy atom. The lowest BCUT2D eigenvalue weighted by molar-refractivity contribution is 0.0944. The van der Waals surface area contributed by atoms with Gasteiger partial charge in [-0.15, -0.1) is 0 Å². The quantitative estimate of drug-likeness (QED) is 0.470. The molecule has 3 aromatic rings. The van der Waals surface area contributed by atoms with E-state index in [-0.39, 0.29) is 16.6 Å². The number of hydrogen-bond acceptors (Lipinski definition) is 4. The van der Waals surface area contributed by atoms with E-state index in [1.165, 1.54) is 17.1 Å². The number of nitrogens with one attached hydrogen (secondary N) is 3. The summed E-state index contributed by atoms with van der Waals surface area (Å²) < 4.78 is 3.27. The molecule has 8 nitrogen and oxygen atoms in total. The van der Waals surface area contributed by atoms with Gasteiger partial charge in [0.05, 0.1) is 11.4 Å². The minimum atomic E-state index is -0.368. The third-order valence-corrected chi connectivity index (χ3v) is 4.23. The van der Waals surface area contributed by atoms with Crippen molar-refractivity contribution < 1.29 is 4.79 Å². The average Bonchev–Trinajstić information content (AvgIpc) is 2.90. The number of hydrazine groups is 1. The van der Waals surface area contributed by atoms with Gasteiger partial charge in [-0.1, -0.05) is 18.2 Å². The number of carbonyl (C=O) groups is 1. The molecule has 0 saturated carbocycles. The molecule has 9 heteroatoms. The van der Waals surface area contributed by atoms with Crippen molar-refractivity contribution >= 4 is 28.9 Å². The molecule has 0 aliphatic rings. The van der Waals surface area contributed by atoms with Crippen molar-refractivity contribution in [3.63, 3.8) is 0 Å². The predicted molar refractivity (Wildman–Crippen MR) is 107 cm³/mol.